The van der Waals surface area contributed by atoms with Crippen LogP contribution in [0.25, 0.3) is 11.3 Å². The largest absolute Gasteiger partial charge is 0.573 e. The first-order chi connectivity index (χ1) is 18.4. The molecule has 2 aromatic carbocycles. The fourth-order valence-electron chi connectivity index (χ4n) is 5.83. The predicted octanol–water partition coefficient (Wildman–Crippen LogP) is 7.86. The summed E-state index contributed by atoms with van der Waals surface area (Å²) < 4.78 is 61.4. The maximum atomic E-state index is 13.4. The van der Waals surface area contributed by atoms with Crippen molar-refractivity contribution in [3.05, 3.63) is 78.1 Å². The zero-order valence-electron chi connectivity index (χ0n) is 22.2. The van der Waals surface area contributed by atoms with Crippen LogP contribution in [0.1, 0.15) is 63.1 Å². The van der Waals surface area contributed by atoms with Gasteiger partial charge in [0.25, 0.3) is 0 Å². The summed E-state index contributed by atoms with van der Waals surface area (Å²) in [6.07, 6.45) is -1.81. The van der Waals surface area contributed by atoms with Gasteiger partial charge in [0.05, 0.1) is 24.5 Å². The first-order valence-corrected chi connectivity index (χ1v) is 13.1. The van der Waals surface area contributed by atoms with E-state index in [2.05, 4.69) is 4.74 Å². The van der Waals surface area contributed by atoms with Gasteiger partial charge < -0.3 is 18.6 Å². The lowest BCUT2D eigenvalue weighted by Crippen LogP contribution is -2.53. The van der Waals surface area contributed by atoms with E-state index in [1.807, 2.05) is 51.1 Å². The molecule has 0 N–H and O–H groups in total. The molecule has 3 heterocycles. The summed E-state index contributed by atoms with van der Waals surface area (Å²) >= 11 is 0. The van der Waals surface area contributed by atoms with Crippen LogP contribution in [-0.2, 0) is 9.47 Å². The third kappa shape index (κ3) is 5.93. The van der Waals surface area contributed by atoms with Crippen molar-refractivity contribution in [2.75, 3.05) is 13.2 Å². The number of likely N-dealkylation sites (tertiary alicyclic amines) is 1. The topological polar surface area (TPSA) is 61.1 Å². The van der Waals surface area contributed by atoms with Crippen LogP contribution in [0, 0.1) is 0 Å². The molecule has 0 radical (unpaired) electrons. The third-order valence-corrected chi connectivity index (χ3v) is 7.20. The number of carbonyl (C=O) groups is 1. The number of carbonyl (C=O) groups excluding carboxylic acids is 1. The van der Waals surface area contributed by atoms with Crippen LogP contribution in [0.4, 0.5) is 18.0 Å². The molecule has 0 aliphatic carbocycles. The second-order valence-electron chi connectivity index (χ2n) is 11.1. The molecule has 208 valence electrons. The third-order valence-electron chi connectivity index (χ3n) is 7.20. The molecule has 5 rings (SSSR count). The first-order valence-electron chi connectivity index (χ1n) is 13.1. The van der Waals surface area contributed by atoms with E-state index >= 15 is 0 Å². The van der Waals surface area contributed by atoms with Gasteiger partial charge in [-0.15, -0.1) is 13.2 Å². The molecule has 3 atom stereocenters. The Bertz CT molecular complexity index is 1290. The second kappa shape index (κ2) is 10.3. The van der Waals surface area contributed by atoms with Crippen molar-refractivity contribution in [3.63, 3.8) is 0 Å². The van der Waals surface area contributed by atoms with Crippen molar-refractivity contribution in [1.29, 1.82) is 0 Å². The smallest absolute Gasteiger partial charge is 0.464 e. The SMILES string of the molecule is CC(C)(C)OC(=O)N1CCC[C@@]2(C[C@@H](c3cc(OC(F)(F)F)ccc3-c3ccco3)CO2)[C@@H]1c1ccccc1. The van der Waals surface area contributed by atoms with Gasteiger partial charge in [0.1, 0.15) is 17.1 Å². The van der Waals surface area contributed by atoms with Crippen LogP contribution >= 0.6 is 0 Å². The summed E-state index contributed by atoms with van der Waals surface area (Å²) in [5, 5.41) is 0. The summed E-state index contributed by atoms with van der Waals surface area (Å²) in [5.41, 5.74) is 0.826. The second-order valence-corrected chi connectivity index (χ2v) is 11.1. The van der Waals surface area contributed by atoms with Crippen molar-refractivity contribution >= 4 is 6.09 Å². The Morgan fingerprint density at radius 2 is 1.82 bits per heavy atom. The standard InChI is InChI=1S/C30H32F3NO5/c1-28(2,3)39-27(35)34-15-8-14-29(26(34)20-9-5-4-6-10-20)18-21(19-37-29)24-17-22(38-30(31,32)33)12-13-23(24)25-11-7-16-36-25/h4-7,9-13,16-17,21,26H,8,14-15,18-19H2,1-3H3/t21-,26+,29-/m1/s1. The fraction of sp³-hybridized carbons (Fsp3) is 0.433. The molecule has 1 amide bonds. The highest BCUT2D eigenvalue weighted by Crippen LogP contribution is 2.53. The number of piperidine rings is 1. The van der Waals surface area contributed by atoms with E-state index in [0.29, 0.717) is 42.7 Å². The molecule has 6 nitrogen and oxygen atoms in total. The number of benzene rings is 2. The van der Waals surface area contributed by atoms with E-state index in [0.717, 1.165) is 5.56 Å². The Hall–Kier alpha value is -3.46. The van der Waals surface area contributed by atoms with E-state index in [-0.39, 0.29) is 18.3 Å². The molecule has 2 saturated heterocycles. The summed E-state index contributed by atoms with van der Waals surface area (Å²) in [6, 6.07) is 17.1. The number of nitrogens with zero attached hydrogens (tertiary/aromatic N) is 1. The van der Waals surface area contributed by atoms with E-state index in [1.165, 1.54) is 18.4 Å². The molecular formula is C30H32F3NO5. The zero-order chi connectivity index (χ0) is 27.8. The highest BCUT2D eigenvalue weighted by atomic mass is 19.4. The van der Waals surface area contributed by atoms with E-state index in [4.69, 9.17) is 13.9 Å². The van der Waals surface area contributed by atoms with E-state index < -0.39 is 29.7 Å². The molecule has 2 aliphatic heterocycles. The van der Waals surface area contributed by atoms with Gasteiger partial charge in [-0.3, -0.25) is 4.90 Å². The van der Waals surface area contributed by atoms with Crippen molar-refractivity contribution in [2.24, 2.45) is 0 Å². The Kier molecular flexibility index (Phi) is 7.13. The Balaban J connectivity index is 1.53. The first kappa shape index (κ1) is 27.1. The summed E-state index contributed by atoms with van der Waals surface area (Å²) in [6.45, 7) is 6.27. The van der Waals surface area contributed by atoms with Gasteiger partial charge in [-0.25, -0.2) is 4.79 Å². The van der Waals surface area contributed by atoms with E-state index in [1.54, 1.807) is 23.1 Å². The maximum absolute atomic E-state index is 13.4. The molecule has 1 spiro atoms. The average molecular weight is 544 g/mol. The maximum Gasteiger partial charge on any atom is 0.573 e. The van der Waals surface area contributed by atoms with Gasteiger partial charge in [0.2, 0.25) is 0 Å². The number of hydrogen-bond acceptors (Lipinski definition) is 5. The van der Waals surface area contributed by atoms with Crippen molar-refractivity contribution in [2.45, 2.75) is 69.6 Å². The van der Waals surface area contributed by atoms with Crippen molar-refractivity contribution < 1.29 is 36.6 Å². The highest BCUT2D eigenvalue weighted by Gasteiger charge is 2.53. The fourth-order valence-corrected chi connectivity index (χ4v) is 5.83. The van der Waals surface area contributed by atoms with Crippen LogP contribution < -0.4 is 4.74 Å². The lowest BCUT2D eigenvalue weighted by atomic mass is 9.75. The van der Waals surface area contributed by atoms with Crippen LogP contribution in [-0.4, -0.2) is 41.7 Å². The minimum Gasteiger partial charge on any atom is -0.464 e. The number of alkyl halides is 3. The molecule has 39 heavy (non-hydrogen) atoms. The van der Waals surface area contributed by atoms with Gasteiger partial charge in [0.15, 0.2) is 0 Å². The molecular weight excluding hydrogens is 511 g/mol. The number of halogens is 3. The molecule has 0 unspecified atom stereocenters. The average Bonchev–Trinajstić information content (AvgIpc) is 3.53. The van der Waals surface area contributed by atoms with Crippen molar-refractivity contribution in [3.8, 4) is 17.1 Å². The number of rotatable bonds is 4. The lowest BCUT2D eigenvalue weighted by Gasteiger charge is -2.47. The number of furan rings is 1. The number of amides is 1. The predicted molar refractivity (Wildman–Crippen MR) is 138 cm³/mol. The highest BCUT2D eigenvalue weighted by molar-refractivity contribution is 5.69. The quantitative estimate of drug-likeness (QED) is 0.335. The Labute approximate surface area is 225 Å². The molecule has 2 fully saturated rings. The minimum atomic E-state index is -4.81. The van der Waals surface area contributed by atoms with Gasteiger partial charge >= 0.3 is 12.5 Å². The number of hydrogen-bond donors (Lipinski definition) is 0. The van der Waals surface area contributed by atoms with Gasteiger partial charge in [-0.2, -0.15) is 0 Å². The lowest BCUT2D eigenvalue weighted by molar-refractivity contribution is -0.274. The Morgan fingerprint density at radius 1 is 1.05 bits per heavy atom. The zero-order valence-corrected chi connectivity index (χ0v) is 22.2. The molecule has 9 heteroatoms. The summed E-state index contributed by atoms with van der Waals surface area (Å²) in [4.78, 5) is 15.1. The minimum absolute atomic E-state index is 0.258. The van der Waals surface area contributed by atoms with Crippen molar-refractivity contribution in [1.82, 2.24) is 4.90 Å². The van der Waals surface area contributed by atoms with Crippen LogP contribution in [0.3, 0.4) is 0 Å². The van der Waals surface area contributed by atoms with Crippen LogP contribution in [0.5, 0.6) is 5.75 Å². The van der Waals surface area contributed by atoms with Gasteiger partial charge in [-0.05, 0) is 81.5 Å². The van der Waals surface area contributed by atoms with E-state index in [9.17, 15) is 18.0 Å². The summed E-state index contributed by atoms with van der Waals surface area (Å²) in [7, 11) is 0. The van der Waals surface area contributed by atoms with Crippen LogP contribution in [0.2, 0.25) is 0 Å². The van der Waals surface area contributed by atoms with Gasteiger partial charge in [-0.1, -0.05) is 30.3 Å². The Morgan fingerprint density at radius 3 is 2.49 bits per heavy atom. The van der Waals surface area contributed by atoms with Crippen LogP contribution in [0.15, 0.2) is 71.3 Å². The monoisotopic (exact) mass is 543 g/mol. The molecule has 3 aromatic rings. The molecule has 0 saturated carbocycles. The normalized spacial score (nSPS) is 23.7. The summed E-state index contributed by atoms with van der Waals surface area (Å²) in [5.74, 6) is -0.0118. The number of ether oxygens (including phenoxy) is 3. The van der Waals surface area contributed by atoms with Gasteiger partial charge in [0, 0.05) is 18.0 Å². The molecule has 1 aromatic heterocycles. The molecule has 0 bridgehead atoms. The molecule has 2 aliphatic rings.